The topological polar surface area (TPSA) is 65.0 Å². The van der Waals surface area contributed by atoms with Crippen LogP contribution in [-0.2, 0) is 14.3 Å². The average molecular weight is 383 g/mol. The Bertz CT molecular complexity index is 833. The van der Waals surface area contributed by atoms with Gasteiger partial charge in [0.25, 0.3) is 0 Å². The first-order valence-corrected chi connectivity index (χ1v) is 9.95. The van der Waals surface area contributed by atoms with Crippen LogP contribution in [-0.4, -0.2) is 31.2 Å². The van der Waals surface area contributed by atoms with Crippen molar-refractivity contribution in [3.8, 4) is 5.75 Å². The third-order valence-electron chi connectivity index (χ3n) is 5.56. The summed E-state index contributed by atoms with van der Waals surface area (Å²) in [7, 11) is 1.62. The van der Waals surface area contributed by atoms with Gasteiger partial charge in [0.05, 0.1) is 13.7 Å². The van der Waals surface area contributed by atoms with E-state index in [-0.39, 0.29) is 23.1 Å². The van der Waals surface area contributed by atoms with Gasteiger partial charge in [-0.05, 0) is 42.9 Å². The van der Waals surface area contributed by atoms with Gasteiger partial charge >= 0.3 is 5.97 Å². The standard InChI is InChI=1S/C23H29NO4/c1-6-16-21(22(26)28-7-2)19(14-8-10-15(27-5)11-9-14)20-17(24-16)12-23(3,4)13-18(20)25/h8-11,19,21H,6-7,12-13H2,1-5H3/t19-,21?/m0/s1. The van der Waals surface area contributed by atoms with Gasteiger partial charge in [-0.3, -0.25) is 14.6 Å². The molecule has 1 unspecified atom stereocenters. The van der Waals surface area contributed by atoms with E-state index in [2.05, 4.69) is 13.8 Å². The van der Waals surface area contributed by atoms with Crippen molar-refractivity contribution in [3.63, 3.8) is 0 Å². The van der Waals surface area contributed by atoms with Gasteiger partial charge in [0, 0.05) is 29.3 Å². The van der Waals surface area contributed by atoms with Crippen LogP contribution < -0.4 is 4.74 Å². The van der Waals surface area contributed by atoms with E-state index < -0.39 is 5.92 Å². The van der Waals surface area contributed by atoms with Crippen LogP contribution in [0.15, 0.2) is 40.5 Å². The minimum absolute atomic E-state index is 0.0836. The van der Waals surface area contributed by atoms with Gasteiger partial charge in [0.15, 0.2) is 5.78 Å². The van der Waals surface area contributed by atoms with Crippen molar-refractivity contribution in [2.45, 2.75) is 52.9 Å². The number of methoxy groups -OCH3 is 1. The summed E-state index contributed by atoms with van der Waals surface area (Å²) in [5, 5.41) is 0. The second-order valence-electron chi connectivity index (χ2n) is 8.24. The number of benzene rings is 1. The quantitative estimate of drug-likeness (QED) is 0.704. The summed E-state index contributed by atoms with van der Waals surface area (Å²) < 4.78 is 10.7. The molecule has 0 bridgehead atoms. The molecule has 0 fully saturated rings. The van der Waals surface area contributed by atoms with Crippen LogP contribution in [0.5, 0.6) is 5.75 Å². The Morgan fingerprint density at radius 1 is 1.18 bits per heavy atom. The summed E-state index contributed by atoms with van der Waals surface area (Å²) in [5.41, 5.74) is 3.10. The molecule has 0 radical (unpaired) electrons. The van der Waals surface area contributed by atoms with Crippen molar-refractivity contribution in [2.24, 2.45) is 16.3 Å². The summed E-state index contributed by atoms with van der Waals surface area (Å²) in [5.74, 6) is -0.423. The predicted molar refractivity (Wildman–Crippen MR) is 109 cm³/mol. The molecule has 1 aliphatic carbocycles. The molecule has 1 aliphatic heterocycles. The predicted octanol–water partition coefficient (Wildman–Crippen LogP) is 4.47. The minimum atomic E-state index is -0.567. The summed E-state index contributed by atoms with van der Waals surface area (Å²) in [6.45, 7) is 8.28. The van der Waals surface area contributed by atoms with E-state index in [4.69, 9.17) is 14.5 Å². The molecule has 0 saturated carbocycles. The number of carbonyl (C=O) groups excluding carboxylic acids is 2. The molecule has 2 atom stereocenters. The van der Waals surface area contributed by atoms with Crippen molar-refractivity contribution >= 4 is 17.5 Å². The number of Topliss-reactive ketones (excluding diaryl/α,β-unsaturated/α-hetero) is 1. The number of nitrogens with zero attached hydrogens (tertiary/aromatic N) is 1. The number of hydrogen-bond donors (Lipinski definition) is 0. The van der Waals surface area contributed by atoms with Crippen LogP contribution in [0.3, 0.4) is 0 Å². The van der Waals surface area contributed by atoms with E-state index in [1.807, 2.05) is 31.2 Å². The smallest absolute Gasteiger partial charge is 0.315 e. The molecule has 2 aliphatic rings. The zero-order chi connectivity index (χ0) is 20.5. The van der Waals surface area contributed by atoms with Gasteiger partial charge in [0.2, 0.25) is 0 Å². The Morgan fingerprint density at radius 2 is 1.86 bits per heavy atom. The molecule has 3 rings (SSSR count). The van der Waals surface area contributed by atoms with Crippen molar-refractivity contribution in [1.82, 2.24) is 0 Å². The van der Waals surface area contributed by atoms with E-state index in [1.54, 1.807) is 14.0 Å². The monoisotopic (exact) mass is 383 g/mol. The summed E-state index contributed by atoms with van der Waals surface area (Å²) in [6, 6.07) is 7.61. The van der Waals surface area contributed by atoms with Gasteiger partial charge in [0.1, 0.15) is 11.7 Å². The molecule has 1 aromatic rings. The first-order chi connectivity index (χ1) is 13.3. The molecule has 0 spiro atoms. The van der Waals surface area contributed by atoms with Gasteiger partial charge in [-0.25, -0.2) is 0 Å². The third kappa shape index (κ3) is 3.75. The van der Waals surface area contributed by atoms with Crippen molar-refractivity contribution in [2.75, 3.05) is 13.7 Å². The van der Waals surface area contributed by atoms with Crippen LogP contribution in [0.1, 0.15) is 58.4 Å². The number of ketones is 1. The number of rotatable bonds is 5. The number of allylic oxidation sites excluding steroid dienone is 2. The lowest BCUT2D eigenvalue weighted by atomic mass is 9.66. The molecule has 28 heavy (non-hydrogen) atoms. The minimum Gasteiger partial charge on any atom is -0.497 e. The van der Waals surface area contributed by atoms with Crippen molar-refractivity contribution in [3.05, 3.63) is 41.1 Å². The fraction of sp³-hybridized carbons (Fsp3) is 0.522. The third-order valence-corrected chi connectivity index (χ3v) is 5.56. The highest BCUT2D eigenvalue weighted by Gasteiger charge is 2.46. The van der Waals surface area contributed by atoms with E-state index >= 15 is 0 Å². The lowest BCUT2D eigenvalue weighted by molar-refractivity contribution is -0.146. The van der Waals surface area contributed by atoms with Gasteiger partial charge in [-0.2, -0.15) is 0 Å². The van der Waals surface area contributed by atoms with E-state index in [0.29, 0.717) is 25.0 Å². The van der Waals surface area contributed by atoms with Crippen molar-refractivity contribution in [1.29, 1.82) is 0 Å². The molecule has 0 saturated heterocycles. The lowest BCUT2D eigenvalue weighted by Crippen LogP contribution is -2.40. The number of hydrogen-bond acceptors (Lipinski definition) is 5. The van der Waals surface area contributed by atoms with Gasteiger partial charge in [-0.15, -0.1) is 0 Å². The summed E-state index contributed by atoms with van der Waals surface area (Å²) >= 11 is 0. The molecule has 1 aromatic carbocycles. The van der Waals surface area contributed by atoms with Crippen LogP contribution in [0.4, 0.5) is 0 Å². The van der Waals surface area contributed by atoms with Crippen LogP contribution in [0, 0.1) is 11.3 Å². The van der Waals surface area contributed by atoms with Crippen molar-refractivity contribution < 1.29 is 19.1 Å². The van der Waals surface area contributed by atoms with Gasteiger partial charge in [-0.1, -0.05) is 32.9 Å². The second-order valence-corrected chi connectivity index (χ2v) is 8.24. The average Bonchev–Trinajstić information content (AvgIpc) is 2.65. The zero-order valence-electron chi connectivity index (χ0n) is 17.4. The first kappa shape index (κ1) is 20.3. The second kappa shape index (κ2) is 7.90. The molecule has 0 aromatic heterocycles. The Kier molecular flexibility index (Phi) is 5.73. The SMILES string of the molecule is CCOC(=O)C1C(CC)=NC2=C(C(=O)CC(C)(C)C2)[C@@H]1c1ccc(OC)cc1. The highest BCUT2D eigenvalue weighted by Crippen LogP contribution is 2.48. The van der Waals surface area contributed by atoms with E-state index in [0.717, 1.165) is 29.1 Å². The highest BCUT2D eigenvalue weighted by atomic mass is 16.5. The highest BCUT2D eigenvalue weighted by molar-refractivity contribution is 6.09. The summed E-state index contributed by atoms with van der Waals surface area (Å²) in [6.07, 6.45) is 1.84. The molecule has 5 heteroatoms. The van der Waals surface area contributed by atoms with Crippen LogP contribution >= 0.6 is 0 Å². The molecule has 1 heterocycles. The molecule has 0 N–H and O–H groups in total. The number of esters is 1. The number of ether oxygens (including phenoxy) is 2. The maximum atomic E-state index is 13.2. The molecule has 5 nitrogen and oxygen atoms in total. The number of aliphatic imine (C=N–C) groups is 1. The largest absolute Gasteiger partial charge is 0.497 e. The van der Waals surface area contributed by atoms with Crippen LogP contribution in [0.2, 0.25) is 0 Å². The summed E-state index contributed by atoms with van der Waals surface area (Å²) in [4.78, 5) is 30.9. The zero-order valence-corrected chi connectivity index (χ0v) is 17.4. The molecule has 0 amide bonds. The molecule has 150 valence electrons. The van der Waals surface area contributed by atoms with E-state index in [1.165, 1.54) is 0 Å². The lowest BCUT2D eigenvalue weighted by Gasteiger charge is -2.39. The Hall–Kier alpha value is -2.43. The van der Waals surface area contributed by atoms with Crippen LogP contribution in [0.25, 0.3) is 0 Å². The Morgan fingerprint density at radius 3 is 2.43 bits per heavy atom. The maximum Gasteiger partial charge on any atom is 0.315 e. The molecular formula is C23H29NO4. The normalized spacial score (nSPS) is 23.8. The number of carbonyl (C=O) groups is 2. The first-order valence-electron chi connectivity index (χ1n) is 9.95. The van der Waals surface area contributed by atoms with Gasteiger partial charge < -0.3 is 9.47 Å². The van der Waals surface area contributed by atoms with E-state index in [9.17, 15) is 9.59 Å². The Balaban J connectivity index is 2.17. The fourth-order valence-electron chi connectivity index (χ4n) is 4.33. The Labute approximate surface area is 166 Å². The maximum absolute atomic E-state index is 13.2. The molecular weight excluding hydrogens is 354 g/mol. The fourth-order valence-corrected chi connectivity index (χ4v) is 4.33.